The number of halogens is 4. The molecular weight excluding hydrogens is 375 g/mol. The summed E-state index contributed by atoms with van der Waals surface area (Å²) in [4.78, 5) is 0. The Morgan fingerprint density at radius 2 is 1.56 bits per heavy atom. The zero-order valence-electron chi connectivity index (χ0n) is 14.2. The highest BCUT2D eigenvalue weighted by molar-refractivity contribution is 5.85. The van der Waals surface area contributed by atoms with Gasteiger partial charge in [0.15, 0.2) is 5.69 Å². The van der Waals surface area contributed by atoms with Crippen molar-refractivity contribution in [1.29, 1.82) is 0 Å². The Morgan fingerprint density at radius 1 is 0.926 bits per heavy atom. The molecule has 0 unspecified atom stereocenters. The minimum atomic E-state index is -4.50. The Hall–Kier alpha value is -2.57. The summed E-state index contributed by atoms with van der Waals surface area (Å²) in [5.74, 6) is 0. The van der Waals surface area contributed by atoms with Crippen LogP contribution in [0.15, 0.2) is 60.7 Å². The number of aromatic nitrogens is 2. The van der Waals surface area contributed by atoms with Crippen molar-refractivity contribution >= 4 is 24.1 Å². The molecule has 0 saturated carbocycles. The lowest BCUT2D eigenvalue weighted by molar-refractivity contribution is -0.142. The molecule has 0 amide bonds. The fourth-order valence-electron chi connectivity index (χ4n) is 3.21. The summed E-state index contributed by atoms with van der Waals surface area (Å²) < 4.78 is 42.0. The van der Waals surface area contributed by atoms with Gasteiger partial charge in [0, 0.05) is 18.7 Å². The highest BCUT2D eigenvalue weighted by atomic mass is 35.5. The zero-order chi connectivity index (χ0) is 18.1. The smallest absolute Gasteiger partial charge is 0.308 e. The van der Waals surface area contributed by atoms with Gasteiger partial charge >= 0.3 is 6.18 Å². The Bertz CT molecular complexity index is 948. The van der Waals surface area contributed by atoms with Gasteiger partial charge in [-0.3, -0.25) is 0 Å². The first-order chi connectivity index (χ1) is 12.5. The minimum absolute atomic E-state index is 0. The molecule has 2 aromatic carbocycles. The zero-order valence-corrected chi connectivity index (χ0v) is 15.0. The molecule has 0 spiro atoms. The Kier molecular flexibility index (Phi) is 5.39. The number of benzene rings is 2. The van der Waals surface area contributed by atoms with Crippen LogP contribution in [0.3, 0.4) is 0 Å². The van der Waals surface area contributed by atoms with Crippen molar-refractivity contribution in [2.75, 3.05) is 6.54 Å². The van der Waals surface area contributed by atoms with Gasteiger partial charge in [-0.2, -0.15) is 18.3 Å². The Labute approximate surface area is 160 Å². The molecule has 1 aromatic heterocycles. The summed E-state index contributed by atoms with van der Waals surface area (Å²) in [6, 6.07) is 18.5. The highest BCUT2D eigenvalue weighted by Gasteiger charge is 2.40. The standard InChI is InChI=1S/C20H16F3N3.ClH/c21-20(22,23)19-17-13-24-12-15(11-14-7-3-1-4-8-14)18(17)26(25-19)16-9-5-2-6-10-16;/h1-11,24H,12-13H2;1H/b15-11+;. The third-order valence-electron chi connectivity index (χ3n) is 4.31. The van der Waals surface area contributed by atoms with Gasteiger partial charge in [0.1, 0.15) is 0 Å². The molecule has 1 N–H and O–H groups in total. The van der Waals surface area contributed by atoms with Crippen molar-refractivity contribution in [2.45, 2.75) is 12.7 Å². The van der Waals surface area contributed by atoms with Crippen LogP contribution < -0.4 is 5.32 Å². The van der Waals surface area contributed by atoms with Gasteiger partial charge in [-0.25, -0.2) is 4.68 Å². The van der Waals surface area contributed by atoms with E-state index in [0.29, 0.717) is 17.9 Å². The molecule has 1 aliphatic heterocycles. The van der Waals surface area contributed by atoms with E-state index in [-0.39, 0.29) is 24.5 Å². The summed E-state index contributed by atoms with van der Waals surface area (Å²) in [6.45, 7) is 0.626. The lowest BCUT2D eigenvalue weighted by Gasteiger charge is -2.20. The number of hydrogen-bond donors (Lipinski definition) is 1. The topological polar surface area (TPSA) is 29.9 Å². The van der Waals surface area contributed by atoms with Crippen LogP contribution >= 0.6 is 12.4 Å². The van der Waals surface area contributed by atoms with Gasteiger partial charge in [0.25, 0.3) is 0 Å². The minimum Gasteiger partial charge on any atom is -0.308 e. The van der Waals surface area contributed by atoms with E-state index in [1.165, 1.54) is 4.68 Å². The number of para-hydroxylation sites is 1. The largest absolute Gasteiger partial charge is 0.435 e. The second-order valence-corrected chi connectivity index (χ2v) is 6.10. The first kappa shape index (κ1) is 19.2. The molecule has 3 aromatic rings. The molecule has 140 valence electrons. The monoisotopic (exact) mass is 391 g/mol. The van der Waals surface area contributed by atoms with Gasteiger partial charge in [-0.15, -0.1) is 12.4 Å². The van der Waals surface area contributed by atoms with Gasteiger partial charge in [-0.05, 0) is 29.3 Å². The summed E-state index contributed by atoms with van der Waals surface area (Å²) in [6.07, 6.45) is -2.59. The summed E-state index contributed by atoms with van der Waals surface area (Å²) in [7, 11) is 0. The fraction of sp³-hybridized carbons (Fsp3) is 0.150. The fourth-order valence-corrected chi connectivity index (χ4v) is 3.21. The molecule has 2 heterocycles. The molecule has 3 nitrogen and oxygen atoms in total. The van der Waals surface area contributed by atoms with Gasteiger partial charge in [0.05, 0.1) is 11.4 Å². The first-order valence-corrected chi connectivity index (χ1v) is 8.25. The third kappa shape index (κ3) is 3.77. The predicted molar refractivity (Wildman–Crippen MR) is 102 cm³/mol. The maximum Gasteiger partial charge on any atom is 0.435 e. The van der Waals surface area contributed by atoms with Crippen LogP contribution in [0.4, 0.5) is 13.2 Å². The van der Waals surface area contributed by atoms with E-state index in [4.69, 9.17) is 0 Å². The molecule has 4 rings (SSSR count). The Balaban J connectivity index is 0.00000210. The number of nitrogens with one attached hydrogen (secondary N) is 1. The second kappa shape index (κ2) is 7.58. The van der Waals surface area contributed by atoms with Crippen LogP contribution in [0, 0.1) is 0 Å². The number of rotatable bonds is 2. The lowest BCUT2D eigenvalue weighted by atomic mass is 9.99. The second-order valence-electron chi connectivity index (χ2n) is 6.10. The van der Waals surface area contributed by atoms with E-state index in [9.17, 15) is 13.2 Å². The molecule has 0 atom stereocenters. The van der Waals surface area contributed by atoms with Crippen molar-refractivity contribution < 1.29 is 13.2 Å². The molecule has 0 saturated heterocycles. The van der Waals surface area contributed by atoms with E-state index in [0.717, 1.165) is 11.1 Å². The lowest BCUT2D eigenvalue weighted by Crippen LogP contribution is -2.25. The van der Waals surface area contributed by atoms with Crippen molar-refractivity contribution in [3.63, 3.8) is 0 Å². The number of nitrogens with zero attached hydrogens (tertiary/aromatic N) is 2. The molecule has 1 aliphatic rings. The average Bonchev–Trinajstić information content (AvgIpc) is 3.04. The maximum absolute atomic E-state index is 13.5. The average molecular weight is 392 g/mol. The SMILES string of the molecule is Cl.FC(F)(F)c1nn(-c2ccccc2)c2c1CNC/C2=C\c1ccccc1. The van der Waals surface area contributed by atoms with Crippen LogP contribution in [0.25, 0.3) is 17.3 Å². The van der Waals surface area contributed by atoms with Crippen LogP contribution in [-0.2, 0) is 12.7 Å². The van der Waals surface area contributed by atoms with Crippen LogP contribution in [0.2, 0.25) is 0 Å². The predicted octanol–water partition coefficient (Wildman–Crippen LogP) is 4.96. The van der Waals surface area contributed by atoms with E-state index in [1.807, 2.05) is 42.5 Å². The molecule has 27 heavy (non-hydrogen) atoms. The van der Waals surface area contributed by atoms with Gasteiger partial charge in [-0.1, -0.05) is 48.5 Å². The molecule has 0 bridgehead atoms. The van der Waals surface area contributed by atoms with Crippen molar-refractivity contribution in [3.8, 4) is 5.69 Å². The van der Waals surface area contributed by atoms with E-state index < -0.39 is 11.9 Å². The van der Waals surface area contributed by atoms with Crippen LogP contribution in [0.5, 0.6) is 0 Å². The highest BCUT2D eigenvalue weighted by Crippen LogP contribution is 2.37. The Morgan fingerprint density at radius 3 is 2.19 bits per heavy atom. The summed E-state index contributed by atoms with van der Waals surface area (Å²) >= 11 is 0. The van der Waals surface area contributed by atoms with Crippen molar-refractivity contribution in [2.24, 2.45) is 0 Å². The normalized spacial score (nSPS) is 15.3. The van der Waals surface area contributed by atoms with Crippen LogP contribution in [0.1, 0.15) is 22.5 Å². The number of fused-ring (bicyclic) bond motifs is 1. The summed E-state index contributed by atoms with van der Waals surface area (Å²) in [5, 5.41) is 7.00. The third-order valence-corrected chi connectivity index (χ3v) is 4.31. The molecular formula is C20H17ClF3N3. The number of alkyl halides is 3. The van der Waals surface area contributed by atoms with Crippen molar-refractivity contribution in [3.05, 3.63) is 83.2 Å². The molecule has 7 heteroatoms. The first-order valence-electron chi connectivity index (χ1n) is 8.25. The van der Waals surface area contributed by atoms with E-state index in [2.05, 4.69) is 10.4 Å². The molecule has 0 fully saturated rings. The quantitative estimate of drug-likeness (QED) is 0.669. The van der Waals surface area contributed by atoms with Gasteiger partial charge in [0.2, 0.25) is 0 Å². The molecule has 0 aliphatic carbocycles. The van der Waals surface area contributed by atoms with Crippen molar-refractivity contribution in [1.82, 2.24) is 15.1 Å². The summed E-state index contributed by atoms with van der Waals surface area (Å²) in [5.41, 5.74) is 2.21. The van der Waals surface area contributed by atoms with E-state index in [1.54, 1.807) is 24.3 Å². The van der Waals surface area contributed by atoms with Gasteiger partial charge < -0.3 is 5.32 Å². The van der Waals surface area contributed by atoms with E-state index >= 15 is 0 Å². The maximum atomic E-state index is 13.5. The molecule has 0 radical (unpaired) electrons. The van der Waals surface area contributed by atoms with Crippen LogP contribution in [-0.4, -0.2) is 16.3 Å². The number of hydrogen-bond acceptors (Lipinski definition) is 2.